The molecule has 4 N–H and O–H groups in total. The van der Waals surface area contributed by atoms with Crippen LogP contribution in [0.15, 0.2) is 29.7 Å². The molecule has 1 aromatic rings. The number of amidine groups is 1. The summed E-state index contributed by atoms with van der Waals surface area (Å²) in [6.45, 7) is 1.43. The Morgan fingerprint density at radius 1 is 1.64 bits per heavy atom. The number of nitrogens with two attached hydrogens (primary N) is 1. The quantitative estimate of drug-likeness (QED) is 0.207. The molecule has 76 valence electrons. The molecule has 14 heavy (non-hydrogen) atoms. The summed E-state index contributed by atoms with van der Waals surface area (Å²) in [6, 6.07) is 3.88. The molecule has 0 saturated carbocycles. The topological polar surface area (TPSA) is 83.5 Å². The first-order chi connectivity index (χ1) is 6.83. The number of aromatic nitrogens is 1. The average Bonchev–Trinajstić information content (AvgIpc) is 2.25. The maximum atomic E-state index is 8.28. The molecule has 0 unspecified atom stereocenters. The fraction of sp³-hybridized carbons (Fsp3) is 0.333. The summed E-state index contributed by atoms with van der Waals surface area (Å²) >= 11 is 0. The van der Waals surface area contributed by atoms with Gasteiger partial charge < -0.3 is 16.3 Å². The number of hydrogen-bond acceptors (Lipinski definition) is 4. The van der Waals surface area contributed by atoms with Crippen molar-refractivity contribution in [2.45, 2.75) is 13.0 Å². The van der Waals surface area contributed by atoms with E-state index in [1.54, 1.807) is 12.4 Å². The molecule has 5 heteroatoms. The number of oxime groups is 1. The van der Waals surface area contributed by atoms with E-state index in [-0.39, 0.29) is 5.84 Å². The van der Waals surface area contributed by atoms with E-state index in [9.17, 15) is 0 Å². The highest BCUT2D eigenvalue weighted by molar-refractivity contribution is 5.79. The summed E-state index contributed by atoms with van der Waals surface area (Å²) in [5, 5.41) is 14.3. The van der Waals surface area contributed by atoms with Crippen LogP contribution in [0.5, 0.6) is 0 Å². The lowest BCUT2D eigenvalue weighted by atomic mass is 10.3. The number of nitrogens with one attached hydrogen (secondary N) is 1. The molecule has 1 rings (SSSR count). The minimum Gasteiger partial charge on any atom is -0.409 e. The normalized spacial score (nSPS) is 11.6. The van der Waals surface area contributed by atoms with Gasteiger partial charge >= 0.3 is 0 Å². The van der Waals surface area contributed by atoms with E-state index >= 15 is 0 Å². The fourth-order valence-corrected chi connectivity index (χ4v) is 1.00. The van der Waals surface area contributed by atoms with Crippen LogP contribution in [-0.4, -0.2) is 22.6 Å². The molecule has 1 heterocycles. The van der Waals surface area contributed by atoms with Crippen LogP contribution < -0.4 is 11.1 Å². The number of rotatable bonds is 5. The molecule has 1 aromatic heterocycles. The summed E-state index contributed by atoms with van der Waals surface area (Å²) in [6.07, 6.45) is 4.08. The summed E-state index contributed by atoms with van der Waals surface area (Å²) in [5.41, 5.74) is 6.42. The van der Waals surface area contributed by atoms with Crippen LogP contribution in [0.1, 0.15) is 12.0 Å². The first-order valence-corrected chi connectivity index (χ1v) is 4.39. The molecule has 0 aromatic carbocycles. The zero-order valence-corrected chi connectivity index (χ0v) is 7.85. The van der Waals surface area contributed by atoms with Gasteiger partial charge in [0, 0.05) is 31.9 Å². The molecular formula is C9H14N4O. The Morgan fingerprint density at radius 2 is 2.50 bits per heavy atom. The van der Waals surface area contributed by atoms with Gasteiger partial charge in [0.1, 0.15) is 5.84 Å². The van der Waals surface area contributed by atoms with Crippen molar-refractivity contribution in [2.24, 2.45) is 10.9 Å². The Bertz CT molecular complexity index is 286. The third kappa shape index (κ3) is 3.86. The molecule has 0 aliphatic carbocycles. The van der Waals surface area contributed by atoms with Gasteiger partial charge in [0.2, 0.25) is 0 Å². The monoisotopic (exact) mass is 194 g/mol. The smallest absolute Gasteiger partial charge is 0.140 e. The third-order valence-corrected chi connectivity index (χ3v) is 1.74. The van der Waals surface area contributed by atoms with Gasteiger partial charge in [-0.3, -0.25) is 4.98 Å². The number of pyridine rings is 1. The molecule has 0 spiro atoms. The molecule has 0 fully saturated rings. The zero-order chi connectivity index (χ0) is 10.2. The standard InChI is InChI=1S/C9H14N4O/c10-9(13-14)3-5-12-7-8-2-1-4-11-6-8/h1-2,4,6,12,14H,3,5,7H2,(H2,10,13). The molecule has 5 nitrogen and oxygen atoms in total. The predicted molar refractivity (Wildman–Crippen MR) is 54.0 cm³/mol. The zero-order valence-electron chi connectivity index (χ0n) is 7.85. The molecule has 0 bridgehead atoms. The van der Waals surface area contributed by atoms with Crippen LogP contribution in [0.3, 0.4) is 0 Å². The minimum atomic E-state index is 0.240. The van der Waals surface area contributed by atoms with E-state index < -0.39 is 0 Å². The molecule has 0 aliphatic rings. The van der Waals surface area contributed by atoms with E-state index in [4.69, 9.17) is 10.9 Å². The summed E-state index contributed by atoms with van der Waals surface area (Å²) in [7, 11) is 0. The van der Waals surface area contributed by atoms with Gasteiger partial charge in [0.05, 0.1) is 0 Å². The van der Waals surface area contributed by atoms with Crippen molar-refractivity contribution < 1.29 is 5.21 Å². The van der Waals surface area contributed by atoms with E-state index in [1.807, 2.05) is 12.1 Å². The van der Waals surface area contributed by atoms with Gasteiger partial charge in [-0.2, -0.15) is 0 Å². The first-order valence-electron chi connectivity index (χ1n) is 4.39. The van der Waals surface area contributed by atoms with Crippen LogP contribution >= 0.6 is 0 Å². The van der Waals surface area contributed by atoms with Gasteiger partial charge in [0.25, 0.3) is 0 Å². The minimum absolute atomic E-state index is 0.240. The van der Waals surface area contributed by atoms with Gasteiger partial charge in [-0.25, -0.2) is 0 Å². The highest BCUT2D eigenvalue weighted by atomic mass is 16.4. The van der Waals surface area contributed by atoms with Gasteiger partial charge in [0.15, 0.2) is 0 Å². The summed E-state index contributed by atoms with van der Waals surface area (Å²) in [4.78, 5) is 3.99. The highest BCUT2D eigenvalue weighted by Gasteiger charge is 1.93. The Kier molecular flexibility index (Phi) is 4.43. The van der Waals surface area contributed by atoms with Crippen molar-refractivity contribution >= 4 is 5.84 Å². The highest BCUT2D eigenvalue weighted by Crippen LogP contribution is 1.93. The Labute approximate surface area is 82.6 Å². The second-order valence-corrected chi connectivity index (χ2v) is 2.88. The predicted octanol–water partition coefficient (Wildman–Crippen LogP) is 0.308. The molecular weight excluding hydrogens is 180 g/mol. The second-order valence-electron chi connectivity index (χ2n) is 2.88. The Hall–Kier alpha value is -1.62. The SMILES string of the molecule is NC(CCNCc1cccnc1)=NO. The van der Waals surface area contributed by atoms with Crippen molar-refractivity contribution in [1.29, 1.82) is 0 Å². The molecule has 0 radical (unpaired) electrons. The molecule has 0 atom stereocenters. The van der Waals surface area contributed by atoms with Crippen LogP contribution in [0, 0.1) is 0 Å². The lowest BCUT2D eigenvalue weighted by Crippen LogP contribution is -2.21. The van der Waals surface area contributed by atoms with E-state index in [0.29, 0.717) is 13.0 Å². The molecule has 0 aliphatic heterocycles. The van der Waals surface area contributed by atoms with Crippen LogP contribution in [-0.2, 0) is 6.54 Å². The first kappa shape index (κ1) is 10.5. The third-order valence-electron chi connectivity index (χ3n) is 1.74. The summed E-state index contributed by atoms with van der Waals surface area (Å²) < 4.78 is 0. The maximum Gasteiger partial charge on any atom is 0.140 e. The lowest BCUT2D eigenvalue weighted by Gasteiger charge is -2.02. The van der Waals surface area contributed by atoms with E-state index in [0.717, 1.165) is 12.1 Å². The molecule has 0 saturated heterocycles. The van der Waals surface area contributed by atoms with Crippen LogP contribution in [0.4, 0.5) is 0 Å². The van der Waals surface area contributed by atoms with Gasteiger partial charge in [-0.1, -0.05) is 11.2 Å². The van der Waals surface area contributed by atoms with Crippen molar-refractivity contribution in [2.75, 3.05) is 6.54 Å². The van der Waals surface area contributed by atoms with Crippen molar-refractivity contribution in [3.8, 4) is 0 Å². The Morgan fingerprint density at radius 3 is 3.14 bits per heavy atom. The maximum absolute atomic E-state index is 8.28. The van der Waals surface area contributed by atoms with Crippen molar-refractivity contribution in [1.82, 2.24) is 10.3 Å². The van der Waals surface area contributed by atoms with E-state index in [2.05, 4.69) is 15.5 Å². The fourth-order valence-electron chi connectivity index (χ4n) is 1.00. The van der Waals surface area contributed by atoms with Gasteiger partial charge in [-0.05, 0) is 11.6 Å². The number of nitrogens with zero attached hydrogens (tertiary/aromatic N) is 2. The second kappa shape index (κ2) is 5.93. The number of hydrogen-bond donors (Lipinski definition) is 3. The van der Waals surface area contributed by atoms with Crippen molar-refractivity contribution in [3.63, 3.8) is 0 Å². The van der Waals surface area contributed by atoms with Crippen molar-refractivity contribution in [3.05, 3.63) is 30.1 Å². The van der Waals surface area contributed by atoms with Crippen LogP contribution in [0.2, 0.25) is 0 Å². The average molecular weight is 194 g/mol. The Balaban J connectivity index is 2.17. The molecule has 0 amide bonds. The lowest BCUT2D eigenvalue weighted by molar-refractivity contribution is 0.316. The summed E-state index contributed by atoms with van der Waals surface area (Å²) in [5.74, 6) is 0.240. The van der Waals surface area contributed by atoms with E-state index in [1.165, 1.54) is 0 Å². The van der Waals surface area contributed by atoms with Crippen LogP contribution in [0.25, 0.3) is 0 Å². The van der Waals surface area contributed by atoms with Gasteiger partial charge in [-0.15, -0.1) is 0 Å². The largest absolute Gasteiger partial charge is 0.409 e.